The summed E-state index contributed by atoms with van der Waals surface area (Å²) in [5, 5.41) is 0. The average Bonchev–Trinajstić information content (AvgIpc) is 1.69. The third-order valence-electron chi connectivity index (χ3n) is 0.614. The van der Waals surface area contributed by atoms with Crippen molar-refractivity contribution in [1.29, 1.82) is 0 Å². The first kappa shape index (κ1) is 8.59. The molecule has 0 atom stereocenters. The zero-order valence-electron chi connectivity index (χ0n) is 4.83. The van der Waals surface area contributed by atoms with Crippen LogP contribution in [0, 0.1) is 6.92 Å². The van der Waals surface area contributed by atoms with Crippen molar-refractivity contribution in [3.63, 3.8) is 0 Å². The minimum atomic E-state index is 0. The molecule has 0 fully saturated rings. The van der Waals surface area contributed by atoms with Gasteiger partial charge in [0, 0.05) is 0 Å². The van der Waals surface area contributed by atoms with Crippen LogP contribution in [0.5, 0.6) is 0 Å². The summed E-state index contributed by atoms with van der Waals surface area (Å²) in [5.74, 6) is 0. The summed E-state index contributed by atoms with van der Waals surface area (Å²) in [6, 6.07) is 0. The van der Waals surface area contributed by atoms with Crippen LogP contribution in [0.15, 0.2) is 18.7 Å². The van der Waals surface area contributed by atoms with E-state index >= 15 is 0 Å². The number of hydrogen-bond acceptors (Lipinski definition) is 2. The Labute approximate surface area is 91.2 Å². The van der Waals surface area contributed by atoms with Gasteiger partial charge in [0.2, 0.25) is 0 Å². The van der Waals surface area contributed by atoms with Crippen LogP contribution in [0.3, 0.4) is 0 Å². The van der Waals surface area contributed by atoms with E-state index in [0.29, 0.717) is 0 Å². The zero-order chi connectivity index (χ0) is 5.11. The van der Waals surface area contributed by atoms with E-state index in [1.165, 1.54) is 6.33 Å². The van der Waals surface area contributed by atoms with Crippen molar-refractivity contribution >= 4 is 0 Å². The largest absolute Gasteiger partial charge is 1.00 e. The quantitative estimate of drug-likeness (QED) is 0.292. The molecule has 0 saturated carbocycles. The fourth-order valence-electron chi connectivity index (χ4n) is 0.330. The molecule has 2 nitrogen and oxygen atoms in total. The molecule has 1 aromatic rings. The van der Waals surface area contributed by atoms with Crippen molar-refractivity contribution in [1.82, 2.24) is 9.97 Å². The van der Waals surface area contributed by atoms with Crippen molar-refractivity contribution in [2.75, 3.05) is 0 Å². The van der Waals surface area contributed by atoms with E-state index in [1.807, 2.05) is 0 Å². The van der Waals surface area contributed by atoms with E-state index in [0.717, 1.165) is 5.56 Å². The molecule has 1 aromatic heterocycles. The number of hydrogen-bond donors (Lipinski definition) is 0. The van der Waals surface area contributed by atoms with Gasteiger partial charge in [0.15, 0.2) is 0 Å². The maximum Gasteiger partial charge on any atom is 1.00 e. The van der Waals surface area contributed by atoms with Gasteiger partial charge in [-0.15, -0.1) is 0 Å². The number of aromatic nitrogens is 2. The predicted octanol–water partition coefficient (Wildman–Crippen LogP) is -2.34. The topological polar surface area (TPSA) is 25.8 Å². The summed E-state index contributed by atoms with van der Waals surface area (Å²) in [6.07, 6.45) is 4.80. The van der Waals surface area contributed by atoms with Crippen LogP contribution in [0.2, 0.25) is 0 Å². The molecule has 1 heterocycles. The molecule has 36 valence electrons. The second-order valence-electron chi connectivity index (χ2n) is 1.25. The van der Waals surface area contributed by atoms with Crippen LogP contribution in [0.1, 0.15) is 5.56 Å². The summed E-state index contributed by atoms with van der Waals surface area (Å²) in [7, 11) is 0. The van der Waals surface area contributed by atoms with Crippen LogP contribution in [-0.4, -0.2) is 9.97 Å². The second-order valence-corrected chi connectivity index (χ2v) is 1.25. The molecule has 0 spiro atoms. The van der Waals surface area contributed by atoms with E-state index in [4.69, 9.17) is 0 Å². The van der Waals surface area contributed by atoms with Gasteiger partial charge in [0.1, 0.15) is 0 Å². The molecule has 0 unspecified atom stereocenters. The third kappa shape index (κ3) is 2.79. The summed E-state index contributed by atoms with van der Waals surface area (Å²) >= 11 is 0. The molecule has 0 aliphatic carbocycles. The van der Waals surface area contributed by atoms with Gasteiger partial charge in [0.25, 0.3) is 0 Å². The van der Waals surface area contributed by atoms with Crippen molar-refractivity contribution in [3.05, 3.63) is 31.2 Å². The van der Waals surface area contributed by atoms with Crippen LogP contribution in [0.25, 0.3) is 0 Å². The average molecular weight is 132 g/mol. The van der Waals surface area contributed by atoms with Gasteiger partial charge in [-0.25, -0.2) is 0 Å². The number of rotatable bonds is 0. The summed E-state index contributed by atoms with van der Waals surface area (Å²) in [6.45, 7) is 3.60. The van der Waals surface area contributed by atoms with E-state index in [-0.39, 0.29) is 51.4 Å². The fraction of sp³-hybridized carbons (Fsp3) is 0. The van der Waals surface area contributed by atoms with Gasteiger partial charge in [-0.3, -0.25) is 0 Å². The van der Waals surface area contributed by atoms with Gasteiger partial charge in [-0.1, -0.05) is 12.4 Å². The van der Waals surface area contributed by atoms with E-state index in [2.05, 4.69) is 16.9 Å². The predicted molar refractivity (Wildman–Crippen MR) is 26.5 cm³/mol. The van der Waals surface area contributed by atoms with Gasteiger partial charge in [0.05, 0.1) is 6.33 Å². The van der Waals surface area contributed by atoms with Crippen molar-refractivity contribution in [2.45, 2.75) is 0 Å². The molecule has 0 aliphatic heterocycles. The first-order valence-electron chi connectivity index (χ1n) is 1.96. The van der Waals surface area contributed by atoms with Gasteiger partial charge in [-0.2, -0.15) is 12.5 Å². The van der Waals surface area contributed by atoms with Crippen molar-refractivity contribution in [3.8, 4) is 0 Å². The molecule has 0 radical (unpaired) electrons. The molecular formula is C5H5KN2. The zero-order valence-corrected chi connectivity index (χ0v) is 7.96. The Morgan fingerprint density at radius 1 is 1.25 bits per heavy atom. The summed E-state index contributed by atoms with van der Waals surface area (Å²) in [5.41, 5.74) is 0.850. The van der Waals surface area contributed by atoms with Crippen molar-refractivity contribution < 1.29 is 51.4 Å². The smallest absolute Gasteiger partial charge is 0.311 e. The van der Waals surface area contributed by atoms with E-state index in [1.54, 1.807) is 12.4 Å². The van der Waals surface area contributed by atoms with E-state index in [9.17, 15) is 0 Å². The summed E-state index contributed by atoms with van der Waals surface area (Å²) < 4.78 is 0. The van der Waals surface area contributed by atoms with Gasteiger partial charge < -0.3 is 9.97 Å². The monoisotopic (exact) mass is 132 g/mol. The SMILES string of the molecule is [CH2-]c1cncnc1.[K+]. The molecule has 0 amide bonds. The van der Waals surface area contributed by atoms with Gasteiger partial charge in [-0.05, 0) is 0 Å². The minimum absolute atomic E-state index is 0. The molecule has 8 heavy (non-hydrogen) atoms. The fourth-order valence-corrected chi connectivity index (χ4v) is 0.330. The molecule has 0 aromatic carbocycles. The van der Waals surface area contributed by atoms with Crippen LogP contribution in [-0.2, 0) is 0 Å². The molecule has 0 N–H and O–H groups in total. The number of nitrogens with zero attached hydrogens (tertiary/aromatic N) is 2. The van der Waals surface area contributed by atoms with Crippen LogP contribution >= 0.6 is 0 Å². The first-order valence-corrected chi connectivity index (χ1v) is 1.96. The standard InChI is InChI=1S/C5H5N2.K/c1-5-2-6-4-7-3-5;/h2-4H,1H2;/q-1;+1. The summed E-state index contributed by atoms with van der Waals surface area (Å²) in [4.78, 5) is 7.42. The Morgan fingerprint density at radius 2 is 1.75 bits per heavy atom. The maximum atomic E-state index is 3.71. The Hall–Kier alpha value is 0.586. The molecule has 3 heteroatoms. The Bertz CT molecular complexity index is 140. The second kappa shape index (κ2) is 4.46. The molecule has 0 aliphatic rings. The Morgan fingerprint density at radius 3 is 2.00 bits per heavy atom. The third-order valence-corrected chi connectivity index (χ3v) is 0.614. The molecule has 0 saturated heterocycles. The normalized spacial score (nSPS) is 7.50. The molecular weight excluding hydrogens is 127 g/mol. The Balaban J connectivity index is 0.000000490. The van der Waals surface area contributed by atoms with Crippen LogP contribution < -0.4 is 51.4 Å². The first-order chi connectivity index (χ1) is 3.39. The van der Waals surface area contributed by atoms with Crippen LogP contribution in [0.4, 0.5) is 0 Å². The molecule has 0 bridgehead atoms. The van der Waals surface area contributed by atoms with Gasteiger partial charge >= 0.3 is 51.4 Å². The minimum Gasteiger partial charge on any atom is -0.311 e. The maximum absolute atomic E-state index is 3.71. The van der Waals surface area contributed by atoms with E-state index < -0.39 is 0 Å². The van der Waals surface area contributed by atoms with Crippen molar-refractivity contribution in [2.24, 2.45) is 0 Å². The Kier molecular flexibility index (Phi) is 4.79. The molecule has 1 rings (SSSR count).